The first-order chi connectivity index (χ1) is 9.38. The van der Waals surface area contributed by atoms with Crippen LogP contribution in [-0.2, 0) is 19.5 Å². The monoisotopic (exact) mass is 272 g/mol. The highest BCUT2D eigenvalue weighted by Gasteiger charge is 2.18. The van der Waals surface area contributed by atoms with Crippen LogP contribution in [0.5, 0.6) is 0 Å². The normalized spacial score (nSPS) is 14.5. The van der Waals surface area contributed by atoms with Gasteiger partial charge in [-0.05, 0) is 41.6 Å². The molecule has 1 N–H and O–H groups in total. The topological polar surface area (TPSA) is 15.3 Å². The van der Waals surface area contributed by atoms with Crippen molar-refractivity contribution in [1.82, 2.24) is 5.32 Å². The molecule has 1 aromatic heterocycles. The van der Waals surface area contributed by atoms with E-state index >= 15 is 0 Å². The molecule has 0 atom stereocenters. The number of thiophene rings is 1. The summed E-state index contributed by atoms with van der Waals surface area (Å²) in [6.07, 6.45) is 1.18. The van der Waals surface area contributed by atoms with Gasteiger partial charge in [-0.2, -0.15) is 0 Å². The summed E-state index contributed by atoms with van der Waals surface area (Å²) in [5, 5.41) is 5.65. The van der Waals surface area contributed by atoms with Crippen molar-refractivity contribution in [3.05, 3.63) is 51.7 Å². The first kappa shape index (κ1) is 12.7. The number of nitrogens with one attached hydrogen (secondary N) is 1. The van der Waals surface area contributed by atoms with Crippen LogP contribution in [0, 0.1) is 0 Å². The molecule has 19 heavy (non-hydrogen) atoms. The molecule has 0 fully saturated rings. The van der Waals surface area contributed by atoms with E-state index in [1.54, 1.807) is 4.88 Å². The molecule has 0 saturated heterocycles. The third-order valence-electron chi connectivity index (χ3n) is 3.71. The number of anilines is 1. The maximum Gasteiger partial charge on any atom is 0.0440 e. The van der Waals surface area contributed by atoms with Gasteiger partial charge in [0.1, 0.15) is 0 Å². The van der Waals surface area contributed by atoms with Crippen LogP contribution in [0.2, 0.25) is 0 Å². The Kier molecular flexibility index (Phi) is 3.85. The van der Waals surface area contributed by atoms with Crippen molar-refractivity contribution in [3.8, 4) is 0 Å². The van der Waals surface area contributed by atoms with E-state index in [9.17, 15) is 0 Å². The molecule has 3 rings (SSSR count). The van der Waals surface area contributed by atoms with Crippen LogP contribution in [0.3, 0.4) is 0 Å². The number of hydrogen-bond acceptors (Lipinski definition) is 3. The predicted molar refractivity (Wildman–Crippen MR) is 82.9 cm³/mol. The van der Waals surface area contributed by atoms with Crippen LogP contribution in [0.4, 0.5) is 5.69 Å². The molecule has 2 aromatic rings. The third-order valence-corrected chi connectivity index (χ3v) is 4.73. The lowest BCUT2D eigenvalue weighted by atomic mass is 10.1. The Hall–Kier alpha value is -1.32. The second kappa shape index (κ2) is 5.76. The Morgan fingerprint density at radius 1 is 1.26 bits per heavy atom. The fourth-order valence-electron chi connectivity index (χ4n) is 2.68. The minimum atomic E-state index is 0.958. The molecule has 0 aliphatic carbocycles. The number of rotatable bonds is 4. The molecule has 2 nitrogen and oxygen atoms in total. The third kappa shape index (κ3) is 2.67. The van der Waals surface area contributed by atoms with Gasteiger partial charge in [-0.15, -0.1) is 11.3 Å². The fraction of sp³-hybridized carbons (Fsp3) is 0.375. The lowest BCUT2D eigenvalue weighted by Gasteiger charge is -2.30. The Morgan fingerprint density at radius 2 is 2.16 bits per heavy atom. The molecule has 2 heterocycles. The van der Waals surface area contributed by atoms with E-state index in [0.717, 1.165) is 26.2 Å². The van der Waals surface area contributed by atoms with Crippen molar-refractivity contribution in [3.63, 3.8) is 0 Å². The highest BCUT2D eigenvalue weighted by molar-refractivity contribution is 7.10. The van der Waals surface area contributed by atoms with Gasteiger partial charge in [0.05, 0.1) is 0 Å². The van der Waals surface area contributed by atoms with Crippen LogP contribution in [0.1, 0.15) is 22.9 Å². The number of hydrogen-bond donors (Lipinski definition) is 1. The van der Waals surface area contributed by atoms with Gasteiger partial charge in [0.25, 0.3) is 0 Å². The van der Waals surface area contributed by atoms with Crippen LogP contribution in [0.15, 0.2) is 35.7 Å². The molecule has 0 radical (unpaired) electrons. The largest absolute Gasteiger partial charge is 0.367 e. The van der Waals surface area contributed by atoms with Crippen molar-refractivity contribution in [1.29, 1.82) is 0 Å². The van der Waals surface area contributed by atoms with E-state index in [1.807, 2.05) is 11.3 Å². The van der Waals surface area contributed by atoms with Crippen molar-refractivity contribution in [2.75, 3.05) is 18.0 Å². The summed E-state index contributed by atoms with van der Waals surface area (Å²) in [6, 6.07) is 11.0. The molecule has 1 aromatic carbocycles. The van der Waals surface area contributed by atoms with E-state index in [2.05, 4.69) is 52.9 Å². The zero-order valence-electron chi connectivity index (χ0n) is 11.4. The fourth-order valence-corrected chi connectivity index (χ4v) is 3.57. The Labute approximate surface area is 119 Å². The smallest absolute Gasteiger partial charge is 0.0440 e. The van der Waals surface area contributed by atoms with Gasteiger partial charge in [-0.3, -0.25) is 0 Å². The van der Waals surface area contributed by atoms with E-state index < -0.39 is 0 Å². The Morgan fingerprint density at radius 3 is 3.05 bits per heavy atom. The van der Waals surface area contributed by atoms with Gasteiger partial charge in [0.15, 0.2) is 0 Å². The molecule has 1 aliphatic rings. The molecule has 0 spiro atoms. The highest BCUT2D eigenvalue weighted by Crippen LogP contribution is 2.29. The number of nitrogens with zero attached hydrogens (tertiary/aromatic N) is 1. The van der Waals surface area contributed by atoms with E-state index in [0.29, 0.717) is 0 Å². The van der Waals surface area contributed by atoms with Crippen molar-refractivity contribution < 1.29 is 0 Å². The van der Waals surface area contributed by atoms with E-state index in [-0.39, 0.29) is 0 Å². The van der Waals surface area contributed by atoms with Gasteiger partial charge >= 0.3 is 0 Å². The van der Waals surface area contributed by atoms with E-state index in [4.69, 9.17) is 0 Å². The van der Waals surface area contributed by atoms with Gasteiger partial charge in [-0.1, -0.05) is 25.1 Å². The molecule has 3 heteroatoms. The zero-order valence-corrected chi connectivity index (χ0v) is 12.2. The van der Waals surface area contributed by atoms with Crippen LogP contribution < -0.4 is 10.2 Å². The second-order valence-corrected chi connectivity index (χ2v) is 5.95. The molecule has 0 amide bonds. The standard InChI is InChI=1S/C16H20N2S/c1-2-17-11-13-5-3-4-6-15(13)18-9-7-16-14(12-18)8-10-19-16/h3-6,8,10,17H,2,7,9,11-12H2,1H3. The van der Waals surface area contributed by atoms with Crippen molar-refractivity contribution in [2.45, 2.75) is 26.4 Å². The lowest BCUT2D eigenvalue weighted by molar-refractivity contribution is 0.705. The Bertz CT molecular complexity index is 547. The Balaban J connectivity index is 1.83. The summed E-state index contributed by atoms with van der Waals surface area (Å²) in [4.78, 5) is 4.09. The minimum Gasteiger partial charge on any atom is -0.367 e. The van der Waals surface area contributed by atoms with Gasteiger partial charge in [-0.25, -0.2) is 0 Å². The first-order valence-electron chi connectivity index (χ1n) is 6.97. The van der Waals surface area contributed by atoms with Crippen LogP contribution in [-0.4, -0.2) is 13.1 Å². The maximum atomic E-state index is 3.43. The van der Waals surface area contributed by atoms with Crippen molar-refractivity contribution in [2.24, 2.45) is 0 Å². The summed E-state index contributed by atoms with van der Waals surface area (Å²) < 4.78 is 0. The summed E-state index contributed by atoms with van der Waals surface area (Å²) in [6.45, 7) is 6.32. The molecule has 0 unspecified atom stereocenters. The lowest BCUT2D eigenvalue weighted by Crippen LogP contribution is -2.30. The average Bonchev–Trinajstić information content (AvgIpc) is 2.92. The van der Waals surface area contributed by atoms with Crippen LogP contribution in [0.25, 0.3) is 0 Å². The van der Waals surface area contributed by atoms with Gasteiger partial charge in [0.2, 0.25) is 0 Å². The average molecular weight is 272 g/mol. The zero-order chi connectivity index (χ0) is 13.1. The molecular formula is C16H20N2S. The number of fused-ring (bicyclic) bond motifs is 1. The van der Waals surface area contributed by atoms with Crippen molar-refractivity contribution >= 4 is 17.0 Å². The molecule has 1 aliphatic heterocycles. The number of para-hydroxylation sites is 1. The molecule has 0 saturated carbocycles. The maximum absolute atomic E-state index is 3.43. The second-order valence-electron chi connectivity index (χ2n) is 4.95. The van der Waals surface area contributed by atoms with E-state index in [1.165, 1.54) is 23.2 Å². The summed E-state index contributed by atoms with van der Waals surface area (Å²) in [7, 11) is 0. The minimum absolute atomic E-state index is 0.958. The quantitative estimate of drug-likeness (QED) is 0.917. The molecular weight excluding hydrogens is 252 g/mol. The number of benzene rings is 1. The first-order valence-corrected chi connectivity index (χ1v) is 7.85. The summed E-state index contributed by atoms with van der Waals surface area (Å²) in [5.74, 6) is 0. The summed E-state index contributed by atoms with van der Waals surface area (Å²) >= 11 is 1.90. The molecule has 0 bridgehead atoms. The molecule has 100 valence electrons. The van der Waals surface area contributed by atoms with Gasteiger partial charge < -0.3 is 10.2 Å². The predicted octanol–water partition coefficient (Wildman–Crippen LogP) is 3.42. The van der Waals surface area contributed by atoms with Crippen LogP contribution >= 0.6 is 11.3 Å². The summed E-state index contributed by atoms with van der Waals surface area (Å²) in [5.41, 5.74) is 4.30. The highest BCUT2D eigenvalue weighted by atomic mass is 32.1. The van der Waals surface area contributed by atoms with Gasteiger partial charge in [0, 0.05) is 30.2 Å². The SMILES string of the molecule is CCNCc1ccccc1N1CCc2sccc2C1.